The van der Waals surface area contributed by atoms with Crippen LogP contribution in [0.15, 0.2) is 41.1 Å². The van der Waals surface area contributed by atoms with Gasteiger partial charge in [0.25, 0.3) is 0 Å². The van der Waals surface area contributed by atoms with Crippen molar-refractivity contribution < 1.29 is 18.8 Å². The van der Waals surface area contributed by atoms with E-state index in [-0.39, 0.29) is 18.1 Å². The summed E-state index contributed by atoms with van der Waals surface area (Å²) in [5.41, 5.74) is 4.89. The summed E-state index contributed by atoms with van der Waals surface area (Å²) in [6.45, 7) is 11.2. The first-order chi connectivity index (χ1) is 18.2. The van der Waals surface area contributed by atoms with Crippen molar-refractivity contribution in [3.8, 4) is 16.9 Å². The lowest BCUT2D eigenvalue weighted by atomic mass is 9.96. The van der Waals surface area contributed by atoms with Gasteiger partial charge in [-0.15, -0.1) is 0 Å². The highest BCUT2D eigenvalue weighted by molar-refractivity contribution is 5.93. The molecule has 0 aliphatic carbocycles. The molecule has 9 heteroatoms. The Morgan fingerprint density at radius 1 is 1.16 bits per heavy atom. The van der Waals surface area contributed by atoms with Gasteiger partial charge in [-0.05, 0) is 71.7 Å². The maximum Gasteiger partial charge on any atom is 0.410 e. The van der Waals surface area contributed by atoms with Gasteiger partial charge in [-0.2, -0.15) is 0 Å². The van der Waals surface area contributed by atoms with Gasteiger partial charge < -0.3 is 23.5 Å². The van der Waals surface area contributed by atoms with E-state index in [1.165, 1.54) is 0 Å². The number of aromatic nitrogens is 4. The predicted molar refractivity (Wildman–Crippen MR) is 142 cm³/mol. The number of carbonyl (C=O) groups is 1. The predicted octanol–water partition coefficient (Wildman–Crippen LogP) is 5.80. The third-order valence-electron chi connectivity index (χ3n) is 7.30. The fraction of sp³-hybridized carbons (Fsp3) is 0.448. The molecular weight excluding hydrogens is 482 g/mol. The minimum absolute atomic E-state index is 0.0587. The summed E-state index contributed by atoms with van der Waals surface area (Å²) in [6, 6.07) is 9.89. The molecule has 0 radical (unpaired) electrons. The molecule has 198 valence electrons. The van der Waals surface area contributed by atoms with Gasteiger partial charge >= 0.3 is 6.09 Å². The van der Waals surface area contributed by atoms with Crippen LogP contribution in [-0.2, 0) is 4.74 Å². The monoisotopic (exact) mass is 515 g/mol. The Labute approximate surface area is 221 Å². The number of likely N-dealkylation sites (tertiary alicyclic amines) is 1. The van der Waals surface area contributed by atoms with E-state index >= 15 is 0 Å². The topological polar surface area (TPSA) is 95.5 Å². The number of amides is 1. The Hall–Kier alpha value is -3.88. The Morgan fingerprint density at radius 3 is 2.71 bits per heavy atom. The molecule has 0 saturated carbocycles. The molecule has 5 heterocycles. The normalized spacial score (nSPS) is 19.4. The smallest absolute Gasteiger partial charge is 0.410 e. The quantitative estimate of drug-likeness (QED) is 0.340. The van der Waals surface area contributed by atoms with Crippen molar-refractivity contribution in [2.45, 2.75) is 65.0 Å². The van der Waals surface area contributed by atoms with Gasteiger partial charge in [-0.3, -0.25) is 4.98 Å². The molecule has 1 saturated heterocycles. The molecule has 2 aliphatic heterocycles. The number of hydrogen-bond acceptors (Lipinski definition) is 7. The van der Waals surface area contributed by atoms with Crippen LogP contribution >= 0.6 is 0 Å². The summed E-state index contributed by atoms with van der Waals surface area (Å²) >= 11 is 0. The maximum atomic E-state index is 12.9. The molecule has 4 aromatic rings. The number of pyridine rings is 1. The Balaban J connectivity index is 1.49. The zero-order chi connectivity index (χ0) is 26.6. The molecule has 1 unspecified atom stereocenters. The van der Waals surface area contributed by atoms with Gasteiger partial charge in [-0.25, -0.2) is 9.78 Å². The van der Waals surface area contributed by atoms with Crippen LogP contribution in [0.1, 0.15) is 68.5 Å². The lowest BCUT2D eigenvalue weighted by Gasteiger charge is -2.35. The first kappa shape index (κ1) is 24.5. The summed E-state index contributed by atoms with van der Waals surface area (Å²) in [6.07, 6.45) is 3.35. The van der Waals surface area contributed by atoms with Crippen molar-refractivity contribution in [1.29, 1.82) is 0 Å². The van der Waals surface area contributed by atoms with Gasteiger partial charge in [-0.1, -0.05) is 11.2 Å². The molecule has 0 bridgehead atoms. The van der Waals surface area contributed by atoms with Crippen LogP contribution in [-0.4, -0.2) is 56.0 Å². The number of ether oxygens (including phenoxy) is 2. The SMILES string of the molecule is Cc1noc(C)c1-c1ccc2nc(C3CCCN(C(=O)OC(C)(C)C)C3)n3c2c1OC[C@@H]3c1ccccn1. The molecular formula is C29H33N5O4. The van der Waals surface area contributed by atoms with Crippen LogP contribution in [0.3, 0.4) is 0 Å². The molecule has 6 rings (SSSR count). The van der Waals surface area contributed by atoms with Crippen LogP contribution in [0, 0.1) is 13.8 Å². The highest BCUT2D eigenvalue weighted by atomic mass is 16.6. The van der Waals surface area contributed by atoms with Crippen molar-refractivity contribution in [1.82, 2.24) is 24.6 Å². The van der Waals surface area contributed by atoms with E-state index in [0.717, 1.165) is 63.7 Å². The van der Waals surface area contributed by atoms with Crippen molar-refractivity contribution in [2.75, 3.05) is 19.7 Å². The minimum Gasteiger partial charge on any atom is -0.488 e. The molecule has 2 atom stereocenters. The third kappa shape index (κ3) is 4.19. The van der Waals surface area contributed by atoms with Crippen LogP contribution in [0.25, 0.3) is 22.2 Å². The van der Waals surface area contributed by atoms with E-state index in [2.05, 4.69) is 14.7 Å². The number of benzene rings is 1. The molecule has 0 spiro atoms. The molecule has 1 aromatic carbocycles. The number of carbonyl (C=O) groups excluding carboxylic acids is 1. The van der Waals surface area contributed by atoms with Gasteiger partial charge in [0.05, 0.1) is 22.5 Å². The van der Waals surface area contributed by atoms with Crippen molar-refractivity contribution in [2.24, 2.45) is 0 Å². The molecule has 2 aliphatic rings. The van der Waals surface area contributed by atoms with E-state index < -0.39 is 5.60 Å². The average molecular weight is 516 g/mol. The van der Waals surface area contributed by atoms with Crippen LogP contribution < -0.4 is 4.74 Å². The number of imidazole rings is 1. The molecule has 1 amide bonds. The summed E-state index contributed by atoms with van der Waals surface area (Å²) in [5.74, 6) is 2.54. The number of rotatable bonds is 3. The first-order valence-corrected chi connectivity index (χ1v) is 13.2. The summed E-state index contributed by atoms with van der Waals surface area (Å²) in [4.78, 5) is 24.6. The van der Waals surface area contributed by atoms with Gasteiger partial charge in [0.15, 0.2) is 5.75 Å². The number of piperidine rings is 1. The zero-order valence-electron chi connectivity index (χ0n) is 22.5. The number of hydrogen-bond donors (Lipinski definition) is 0. The van der Waals surface area contributed by atoms with Gasteiger partial charge in [0.1, 0.15) is 35.4 Å². The first-order valence-electron chi connectivity index (χ1n) is 13.2. The average Bonchev–Trinajstić information content (AvgIpc) is 3.45. The Morgan fingerprint density at radius 2 is 2.00 bits per heavy atom. The Kier molecular flexibility index (Phi) is 5.89. The lowest BCUT2D eigenvalue weighted by molar-refractivity contribution is 0.0194. The van der Waals surface area contributed by atoms with Gasteiger partial charge in [0, 0.05) is 30.8 Å². The fourth-order valence-corrected chi connectivity index (χ4v) is 5.70. The van der Waals surface area contributed by atoms with Crippen LogP contribution in [0.4, 0.5) is 4.79 Å². The molecule has 9 nitrogen and oxygen atoms in total. The van der Waals surface area contributed by atoms with E-state index in [0.29, 0.717) is 19.7 Å². The number of aryl methyl sites for hydroxylation is 2. The molecule has 38 heavy (non-hydrogen) atoms. The van der Waals surface area contributed by atoms with Crippen LogP contribution in [0.2, 0.25) is 0 Å². The van der Waals surface area contributed by atoms with E-state index in [9.17, 15) is 4.79 Å². The third-order valence-corrected chi connectivity index (χ3v) is 7.30. The lowest BCUT2D eigenvalue weighted by Crippen LogP contribution is -2.43. The number of nitrogens with zero attached hydrogens (tertiary/aromatic N) is 5. The van der Waals surface area contributed by atoms with E-state index in [1.807, 2.05) is 76.0 Å². The zero-order valence-corrected chi connectivity index (χ0v) is 22.5. The second kappa shape index (κ2) is 9.15. The van der Waals surface area contributed by atoms with Crippen molar-refractivity contribution in [3.63, 3.8) is 0 Å². The van der Waals surface area contributed by atoms with Crippen LogP contribution in [0.5, 0.6) is 5.75 Å². The summed E-state index contributed by atoms with van der Waals surface area (Å²) in [5, 5.41) is 4.17. The fourth-order valence-electron chi connectivity index (χ4n) is 5.70. The van der Waals surface area contributed by atoms with E-state index in [4.69, 9.17) is 19.0 Å². The largest absolute Gasteiger partial charge is 0.488 e. The van der Waals surface area contributed by atoms with Crippen molar-refractivity contribution >= 4 is 17.1 Å². The maximum absolute atomic E-state index is 12.9. The summed E-state index contributed by atoms with van der Waals surface area (Å²) in [7, 11) is 0. The highest BCUT2D eigenvalue weighted by Crippen LogP contribution is 2.46. The Bertz CT molecular complexity index is 1480. The summed E-state index contributed by atoms with van der Waals surface area (Å²) < 4.78 is 20.0. The van der Waals surface area contributed by atoms with Gasteiger partial charge in [0.2, 0.25) is 0 Å². The standard InChI is InChI=1S/C29H33N5O4/c1-17-24(18(2)38-32-17)20-11-12-22-25-26(20)36-16-23(21-10-6-7-13-30-21)34(25)27(31-22)19-9-8-14-33(15-19)28(35)37-29(3,4)5/h6-7,10-13,19,23H,8-9,14-16H2,1-5H3/t19?,23-/m1/s1. The second-order valence-corrected chi connectivity index (χ2v) is 11.2. The molecule has 0 N–H and O–H groups in total. The van der Waals surface area contributed by atoms with Crippen molar-refractivity contribution in [3.05, 3.63) is 59.5 Å². The molecule has 3 aromatic heterocycles. The van der Waals surface area contributed by atoms with E-state index in [1.54, 1.807) is 0 Å². The highest BCUT2D eigenvalue weighted by Gasteiger charge is 2.36. The minimum atomic E-state index is -0.539. The second-order valence-electron chi connectivity index (χ2n) is 11.2. The molecule has 1 fully saturated rings.